The van der Waals surface area contributed by atoms with Crippen LogP contribution in [0.25, 0.3) is 11.1 Å². The van der Waals surface area contributed by atoms with Crippen molar-refractivity contribution in [3.05, 3.63) is 131 Å². The van der Waals surface area contributed by atoms with Crippen molar-refractivity contribution >= 4 is 43.7 Å². The minimum absolute atomic E-state index is 0.106. The molecule has 0 aromatic heterocycles. The fraction of sp³-hybridized carbons (Fsp3) is 0.550. The quantitative estimate of drug-likeness (QED) is 0.0973. The van der Waals surface area contributed by atoms with Crippen LogP contribution in [-0.2, 0) is 15.9 Å². The summed E-state index contributed by atoms with van der Waals surface area (Å²) in [5.74, 6) is 3.49. The van der Waals surface area contributed by atoms with Gasteiger partial charge in [-0.15, -0.1) is 0 Å². The van der Waals surface area contributed by atoms with E-state index in [9.17, 15) is 0 Å². The van der Waals surface area contributed by atoms with Crippen molar-refractivity contribution in [3.63, 3.8) is 0 Å². The third-order valence-electron chi connectivity index (χ3n) is 14.3. The number of benzene rings is 4. The van der Waals surface area contributed by atoms with E-state index in [1.807, 2.05) is 0 Å². The second-order valence-corrected chi connectivity index (χ2v) is 26.5. The van der Waals surface area contributed by atoms with Gasteiger partial charge in [-0.25, -0.2) is 0 Å². The first kappa shape index (κ1) is 54.8. The molecule has 66 heavy (non-hydrogen) atoms. The Balaban J connectivity index is 0.000000236. The molecule has 1 heterocycles. The zero-order valence-corrected chi connectivity index (χ0v) is 47.2. The number of rotatable bonds is 13. The zero-order valence-electron chi connectivity index (χ0n) is 43.3. The van der Waals surface area contributed by atoms with Gasteiger partial charge < -0.3 is 9.80 Å². The molecule has 2 aliphatic carbocycles. The van der Waals surface area contributed by atoms with Gasteiger partial charge in [0.25, 0.3) is 0 Å². The van der Waals surface area contributed by atoms with Gasteiger partial charge in [-0.05, 0) is 134 Å². The van der Waals surface area contributed by atoms with Crippen molar-refractivity contribution in [2.24, 2.45) is 0 Å². The van der Waals surface area contributed by atoms with Crippen molar-refractivity contribution in [1.82, 2.24) is 0 Å². The number of halogens is 2. The summed E-state index contributed by atoms with van der Waals surface area (Å²) >= 11 is -0.106. The Hall–Kier alpha value is -2.11. The Labute approximate surface area is 422 Å². The number of hydrogen-bond donors (Lipinski definition) is 0. The summed E-state index contributed by atoms with van der Waals surface area (Å²) in [7, 11) is 9.51. The van der Waals surface area contributed by atoms with E-state index in [2.05, 4.69) is 199 Å². The van der Waals surface area contributed by atoms with E-state index in [1.165, 1.54) is 103 Å². The van der Waals surface area contributed by atoms with E-state index in [4.69, 9.17) is 19.1 Å². The van der Waals surface area contributed by atoms with Crippen LogP contribution in [0.3, 0.4) is 0 Å². The predicted octanol–water partition coefficient (Wildman–Crippen LogP) is 19.8. The van der Waals surface area contributed by atoms with Crippen LogP contribution in [0.4, 0.5) is 11.4 Å². The molecule has 0 amide bonds. The third kappa shape index (κ3) is 13.6. The zero-order chi connectivity index (χ0) is 48.2. The van der Waals surface area contributed by atoms with Gasteiger partial charge in [-0.2, -0.15) is 0 Å². The topological polar surface area (TPSA) is 6.48 Å². The maximum atomic E-state index is 4.81. The van der Waals surface area contributed by atoms with Crippen LogP contribution in [0.15, 0.2) is 85.2 Å². The molecule has 4 aromatic rings. The van der Waals surface area contributed by atoms with Crippen LogP contribution in [-0.4, -0.2) is 11.3 Å². The number of para-hydroxylation sites is 2. The van der Waals surface area contributed by atoms with Gasteiger partial charge in [0.1, 0.15) is 0 Å². The van der Waals surface area contributed by atoms with Gasteiger partial charge in [-0.3, -0.25) is 0 Å². The van der Waals surface area contributed by atoms with Crippen molar-refractivity contribution in [2.45, 2.75) is 214 Å². The Morgan fingerprint density at radius 1 is 0.470 bits per heavy atom. The van der Waals surface area contributed by atoms with E-state index < -0.39 is 0 Å². The van der Waals surface area contributed by atoms with Crippen LogP contribution in [0.1, 0.15) is 242 Å². The van der Waals surface area contributed by atoms with Crippen LogP contribution in [0.2, 0.25) is 0 Å². The van der Waals surface area contributed by atoms with Gasteiger partial charge in [0.2, 0.25) is 6.67 Å². The van der Waals surface area contributed by atoms with E-state index in [-0.39, 0.29) is 23.9 Å². The van der Waals surface area contributed by atoms with Gasteiger partial charge in [0, 0.05) is 12.4 Å². The molecule has 4 aromatic carbocycles. The van der Waals surface area contributed by atoms with Gasteiger partial charge in [-0.1, -0.05) is 216 Å². The number of nitrogens with zero attached hydrogens (tertiary/aromatic N) is 2. The molecule has 0 N–H and O–H groups in total. The summed E-state index contributed by atoms with van der Waals surface area (Å²) in [6, 6.07) is 28.2. The monoisotopic (exact) mass is 1040 g/mol. The first-order valence-corrected chi connectivity index (χ1v) is 31.2. The molecule has 6 heteroatoms. The van der Waals surface area contributed by atoms with Gasteiger partial charge >= 0.3 is 35.0 Å². The second-order valence-electron chi connectivity index (χ2n) is 21.4. The molecule has 0 bridgehead atoms. The van der Waals surface area contributed by atoms with Crippen LogP contribution in [0.5, 0.6) is 0 Å². The Kier molecular flexibility index (Phi) is 21.8. The Morgan fingerprint density at radius 3 is 1.15 bits per heavy atom. The fourth-order valence-electron chi connectivity index (χ4n) is 10.7. The molecule has 2 radical (unpaired) electrons. The van der Waals surface area contributed by atoms with E-state index in [0.29, 0.717) is 41.4 Å². The van der Waals surface area contributed by atoms with E-state index >= 15 is 0 Å². The van der Waals surface area contributed by atoms with Crippen molar-refractivity contribution in [1.29, 1.82) is 0 Å². The van der Waals surface area contributed by atoms with E-state index in [1.54, 1.807) is 27.6 Å². The molecule has 2 nitrogen and oxygen atoms in total. The summed E-state index contributed by atoms with van der Waals surface area (Å²) in [6.45, 7) is 36.1. The first-order valence-electron chi connectivity index (χ1n) is 25.7. The van der Waals surface area contributed by atoms with Gasteiger partial charge in [0.15, 0.2) is 0 Å². The van der Waals surface area contributed by atoms with Gasteiger partial charge in [0.05, 0.1) is 11.4 Å². The number of hydrogen-bond acceptors (Lipinski definition) is 2. The molecule has 1 aliphatic heterocycles. The van der Waals surface area contributed by atoms with Crippen molar-refractivity contribution in [3.8, 4) is 11.1 Å². The fourth-order valence-corrected chi connectivity index (χ4v) is 14.7. The average Bonchev–Trinajstić information content (AvgIpc) is 3.79. The summed E-state index contributed by atoms with van der Waals surface area (Å²) in [5.41, 5.74) is 17.8. The summed E-state index contributed by atoms with van der Waals surface area (Å²) < 4.78 is 0. The van der Waals surface area contributed by atoms with Crippen molar-refractivity contribution in [2.75, 3.05) is 9.80 Å². The summed E-state index contributed by atoms with van der Waals surface area (Å²) in [6.07, 6.45) is 18.9. The van der Waals surface area contributed by atoms with Crippen molar-refractivity contribution < 1.29 is 15.9 Å². The Bertz CT molecular complexity index is 1970. The first-order chi connectivity index (χ1) is 31.5. The summed E-state index contributed by atoms with van der Waals surface area (Å²) in [4.78, 5) is 4.40. The molecule has 0 spiro atoms. The van der Waals surface area contributed by atoms with Crippen LogP contribution in [0, 0.1) is 6.67 Å². The second kappa shape index (κ2) is 26.2. The molecule has 0 saturated heterocycles. The van der Waals surface area contributed by atoms with E-state index in [0.717, 1.165) is 11.3 Å². The predicted molar refractivity (Wildman–Crippen MR) is 293 cm³/mol. The molecule has 0 unspecified atom stereocenters. The standard InChI is InChI=1S/C33H49P.C27H36N2.2ClH.Pd/c1-23(2)26-21-30(24(3)4)33(31(22-26)25(5)6)29-19-13-14-20-32(29)34(27-15-9-7-10-16-27)28-17-11-8-12-18-28;1-18(2)22-11-9-12-23(19(3)4)26(22)28-15-16-29(17-28)27-24(20(5)6)13-10-14-25(27)21(7)8;;;/h13-14,19-25,27-28H,7-12,15-18H2,1-6H3;9-16,18-21H,1-8H3;2*1H;/q;;;;+2/p-2. The Morgan fingerprint density at radius 2 is 0.818 bits per heavy atom. The van der Waals surface area contributed by atoms with Crippen LogP contribution < -0.4 is 15.1 Å². The molecule has 364 valence electrons. The summed E-state index contributed by atoms with van der Waals surface area (Å²) in [5, 5.41) is 1.75. The molecular weight excluding hydrogens is 957 g/mol. The maximum absolute atomic E-state index is 4.81. The van der Waals surface area contributed by atoms with Crippen LogP contribution >= 0.6 is 27.0 Å². The molecule has 0 atom stereocenters. The molecule has 2 fully saturated rings. The minimum atomic E-state index is -0.120. The normalized spacial score (nSPS) is 16.2. The molecule has 3 aliphatic rings. The average molecular weight is 1040 g/mol. The molecule has 2 saturated carbocycles. The molecular formula is C60H85Cl2N2PPd. The third-order valence-corrected chi connectivity index (χ3v) is 17.8. The number of anilines is 2. The SMILES string of the molecule is CC(C)c1cc(C(C)C)c(-c2ccccc2P(C2CCCCC2)C2CCCCC2)c(C(C)C)c1.CC(C)c1cccc(C(C)C)c1N1[C]N(c2c(C(C)C)cccc2C(C)C)C=C1.[Cl][Pd][Cl]. The molecule has 7 rings (SSSR count).